The lowest BCUT2D eigenvalue weighted by molar-refractivity contribution is -0.274. The van der Waals surface area contributed by atoms with Crippen LogP contribution in [0.1, 0.15) is 29.0 Å². The fourth-order valence-electron chi connectivity index (χ4n) is 2.11. The van der Waals surface area contributed by atoms with E-state index < -0.39 is 6.36 Å². The number of halogens is 3. The number of nitrogens with one attached hydrogen (secondary N) is 1. The van der Waals surface area contributed by atoms with E-state index in [4.69, 9.17) is 5.84 Å². The molecule has 0 bridgehead atoms. The second kappa shape index (κ2) is 6.46. The first-order chi connectivity index (χ1) is 9.94. The van der Waals surface area contributed by atoms with Crippen LogP contribution in [-0.2, 0) is 6.42 Å². The summed E-state index contributed by atoms with van der Waals surface area (Å²) in [4.78, 5) is 0.990. The molecule has 7 heteroatoms. The fraction of sp³-hybridized carbons (Fsp3) is 0.286. The molecule has 0 aliphatic rings. The van der Waals surface area contributed by atoms with Crippen LogP contribution in [0.5, 0.6) is 5.75 Å². The highest BCUT2D eigenvalue weighted by molar-refractivity contribution is 7.10. The van der Waals surface area contributed by atoms with Crippen LogP contribution < -0.4 is 16.0 Å². The summed E-state index contributed by atoms with van der Waals surface area (Å²) in [5, 5.41) is 1.94. The first-order valence-corrected chi connectivity index (χ1v) is 7.20. The molecular formula is C14H15F3N2OS. The Kier molecular flexibility index (Phi) is 4.87. The van der Waals surface area contributed by atoms with Gasteiger partial charge in [-0.1, -0.05) is 19.1 Å². The lowest BCUT2D eigenvalue weighted by Crippen LogP contribution is -2.29. The average molecular weight is 316 g/mol. The Bertz CT molecular complexity index is 598. The number of benzene rings is 1. The minimum Gasteiger partial charge on any atom is -0.406 e. The third-order valence-corrected chi connectivity index (χ3v) is 4.04. The van der Waals surface area contributed by atoms with Gasteiger partial charge in [0.15, 0.2) is 0 Å². The molecule has 3 nitrogen and oxygen atoms in total. The number of aryl methyl sites for hydroxylation is 1. The normalized spacial score (nSPS) is 13.2. The molecule has 2 aromatic rings. The minimum atomic E-state index is -4.71. The Hall–Kier alpha value is -1.57. The first-order valence-electron chi connectivity index (χ1n) is 6.32. The Balaban J connectivity index is 2.33. The standard InChI is InChI=1S/C14H15F3N2OS/c1-2-9-6-7-21-13(9)12(19-18)10-4-3-5-11(8-10)20-14(15,16)17/h3-8,12,19H,2,18H2,1H3. The van der Waals surface area contributed by atoms with E-state index in [-0.39, 0.29) is 11.8 Å². The molecule has 0 radical (unpaired) electrons. The van der Waals surface area contributed by atoms with Crippen LogP contribution in [0.15, 0.2) is 35.7 Å². The third kappa shape index (κ3) is 3.96. The van der Waals surface area contributed by atoms with Crippen molar-refractivity contribution in [3.63, 3.8) is 0 Å². The predicted molar refractivity (Wildman–Crippen MR) is 76.0 cm³/mol. The quantitative estimate of drug-likeness (QED) is 0.652. The molecule has 21 heavy (non-hydrogen) atoms. The molecule has 0 spiro atoms. The summed E-state index contributed by atoms with van der Waals surface area (Å²) in [6.45, 7) is 2.02. The number of rotatable bonds is 5. The zero-order valence-corrected chi connectivity index (χ0v) is 12.1. The van der Waals surface area contributed by atoms with E-state index in [2.05, 4.69) is 10.2 Å². The van der Waals surface area contributed by atoms with Crippen LogP contribution in [-0.4, -0.2) is 6.36 Å². The molecule has 0 aliphatic carbocycles. The Morgan fingerprint density at radius 2 is 2.10 bits per heavy atom. The second-order valence-electron chi connectivity index (χ2n) is 4.38. The van der Waals surface area contributed by atoms with E-state index in [9.17, 15) is 13.2 Å². The van der Waals surface area contributed by atoms with E-state index in [0.717, 1.165) is 16.9 Å². The number of hydrogen-bond acceptors (Lipinski definition) is 4. The van der Waals surface area contributed by atoms with Gasteiger partial charge in [-0.05, 0) is 41.1 Å². The summed E-state index contributed by atoms with van der Waals surface area (Å²) in [6.07, 6.45) is -3.88. The van der Waals surface area contributed by atoms with Crippen LogP contribution >= 0.6 is 11.3 Å². The highest BCUT2D eigenvalue weighted by atomic mass is 32.1. The maximum absolute atomic E-state index is 12.3. The predicted octanol–water partition coefficient (Wildman–Crippen LogP) is 3.76. The molecule has 2 rings (SSSR count). The fourth-order valence-corrected chi connectivity index (χ4v) is 3.19. The van der Waals surface area contributed by atoms with Gasteiger partial charge < -0.3 is 4.74 Å². The summed E-state index contributed by atoms with van der Waals surface area (Å²) >= 11 is 1.52. The molecule has 1 aromatic heterocycles. The Labute approximate surface area is 124 Å². The highest BCUT2D eigenvalue weighted by Crippen LogP contribution is 2.32. The van der Waals surface area contributed by atoms with Gasteiger partial charge in [0.25, 0.3) is 0 Å². The van der Waals surface area contributed by atoms with E-state index in [1.165, 1.54) is 29.5 Å². The molecule has 1 unspecified atom stereocenters. The number of nitrogens with two attached hydrogens (primary N) is 1. The van der Waals surface area contributed by atoms with E-state index >= 15 is 0 Å². The molecule has 1 aromatic carbocycles. The first kappa shape index (κ1) is 15.8. The van der Waals surface area contributed by atoms with Gasteiger partial charge in [0.2, 0.25) is 0 Å². The summed E-state index contributed by atoms with van der Waals surface area (Å²) in [6, 6.07) is 7.46. The summed E-state index contributed by atoms with van der Waals surface area (Å²) in [5.74, 6) is 5.34. The third-order valence-electron chi connectivity index (χ3n) is 3.02. The number of alkyl halides is 3. The largest absolute Gasteiger partial charge is 0.573 e. The monoisotopic (exact) mass is 316 g/mol. The molecule has 0 aliphatic heterocycles. The van der Waals surface area contributed by atoms with Crippen molar-refractivity contribution in [1.82, 2.24) is 5.43 Å². The van der Waals surface area contributed by atoms with Crippen molar-refractivity contribution in [3.05, 3.63) is 51.7 Å². The van der Waals surface area contributed by atoms with Crippen LogP contribution in [0.2, 0.25) is 0 Å². The smallest absolute Gasteiger partial charge is 0.406 e. The number of hydrogen-bond donors (Lipinski definition) is 2. The zero-order chi connectivity index (χ0) is 15.5. The lowest BCUT2D eigenvalue weighted by atomic mass is 10.0. The van der Waals surface area contributed by atoms with Crippen molar-refractivity contribution >= 4 is 11.3 Å². The summed E-state index contributed by atoms with van der Waals surface area (Å²) < 4.78 is 40.8. The molecule has 0 amide bonds. The van der Waals surface area contributed by atoms with Crippen molar-refractivity contribution in [2.24, 2.45) is 5.84 Å². The molecule has 1 heterocycles. The Morgan fingerprint density at radius 1 is 1.33 bits per heavy atom. The van der Waals surface area contributed by atoms with Gasteiger partial charge >= 0.3 is 6.36 Å². The Morgan fingerprint density at radius 3 is 2.71 bits per heavy atom. The maximum Gasteiger partial charge on any atom is 0.573 e. The SMILES string of the molecule is CCc1ccsc1C(NN)c1cccc(OC(F)(F)F)c1. The van der Waals surface area contributed by atoms with Crippen LogP contribution in [0, 0.1) is 0 Å². The molecule has 1 atom stereocenters. The number of thiophene rings is 1. The molecule has 3 N–H and O–H groups in total. The minimum absolute atomic E-state index is 0.255. The molecule has 0 fully saturated rings. The number of ether oxygens (including phenoxy) is 1. The van der Waals surface area contributed by atoms with Crippen molar-refractivity contribution in [3.8, 4) is 5.75 Å². The lowest BCUT2D eigenvalue weighted by Gasteiger charge is -2.18. The maximum atomic E-state index is 12.3. The van der Waals surface area contributed by atoms with Gasteiger partial charge in [0, 0.05) is 4.88 Å². The summed E-state index contributed by atoms with van der Waals surface area (Å²) in [5.41, 5.74) is 4.40. The molecular weight excluding hydrogens is 301 g/mol. The van der Waals surface area contributed by atoms with Crippen LogP contribution in [0.3, 0.4) is 0 Å². The molecule has 114 valence electrons. The van der Waals surface area contributed by atoms with Crippen molar-refractivity contribution in [2.45, 2.75) is 25.7 Å². The highest BCUT2D eigenvalue weighted by Gasteiger charge is 2.31. The van der Waals surface area contributed by atoms with Gasteiger partial charge in [0.05, 0.1) is 6.04 Å². The average Bonchev–Trinajstić information content (AvgIpc) is 2.86. The van der Waals surface area contributed by atoms with E-state index in [1.54, 1.807) is 6.07 Å². The van der Waals surface area contributed by atoms with Crippen molar-refractivity contribution in [1.29, 1.82) is 0 Å². The van der Waals surface area contributed by atoms with Crippen LogP contribution in [0.4, 0.5) is 13.2 Å². The van der Waals surface area contributed by atoms with Gasteiger partial charge in [0.1, 0.15) is 5.75 Å². The second-order valence-corrected chi connectivity index (χ2v) is 5.33. The van der Waals surface area contributed by atoms with Gasteiger partial charge in [-0.25, -0.2) is 5.43 Å². The van der Waals surface area contributed by atoms with Gasteiger partial charge in [-0.3, -0.25) is 5.84 Å². The van der Waals surface area contributed by atoms with Crippen molar-refractivity contribution in [2.75, 3.05) is 0 Å². The van der Waals surface area contributed by atoms with Crippen molar-refractivity contribution < 1.29 is 17.9 Å². The van der Waals surface area contributed by atoms with E-state index in [0.29, 0.717) is 5.56 Å². The zero-order valence-electron chi connectivity index (χ0n) is 11.3. The van der Waals surface area contributed by atoms with Gasteiger partial charge in [-0.15, -0.1) is 24.5 Å². The molecule has 0 saturated heterocycles. The van der Waals surface area contributed by atoms with Crippen LogP contribution in [0.25, 0.3) is 0 Å². The van der Waals surface area contributed by atoms with Gasteiger partial charge in [-0.2, -0.15) is 0 Å². The van der Waals surface area contributed by atoms with E-state index in [1.807, 2.05) is 18.4 Å². The topological polar surface area (TPSA) is 47.3 Å². The molecule has 0 saturated carbocycles. The summed E-state index contributed by atoms with van der Waals surface area (Å²) in [7, 11) is 0. The number of hydrazine groups is 1.